The van der Waals surface area contributed by atoms with E-state index in [-0.39, 0.29) is 18.4 Å². The van der Waals surface area contributed by atoms with Gasteiger partial charge in [0.25, 0.3) is 0 Å². The number of aromatic nitrogens is 2. The average molecular weight is 389 g/mol. The molecule has 2 N–H and O–H groups in total. The van der Waals surface area contributed by atoms with E-state index in [1.165, 1.54) is 23.5 Å². The number of aryl methyl sites for hydroxylation is 2. The minimum absolute atomic E-state index is 0.233. The van der Waals surface area contributed by atoms with E-state index in [0.717, 1.165) is 22.8 Å². The van der Waals surface area contributed by atoms with Gasteiger partial charge in [-0.15, -0.1) is 11.3 Å². The lowest BCUT2D eigenvalue weighted by Crippen LogP contribution is -2.28. The molecule has 7 nitrogen and oxygen atoms in total. The van der Waals surface area contributed by atoms with E-state index in [2.05, 4.69) is 20.8 Å². The summed E-state index contributed by atoms with van der Waals surface area (Å²) in [6.45, 7) is 4.55. The van der Waals surface area contributed by atoms with Crippen molar-refractivity contribution in [3.05, 3.63) is 58.2 Å². The smallest absolute Gasteiger partial charge is 0.321 e. The number of urea groups is 1. The number of hydrogen-bond donors (Lipinski definition) is 2. The summed E-state index contributed by atoms with van der Waals surface area (Å²) < 4.78 is 18.3. The molecule has 3 aromatic rings. The van der Waals surface area contributed by atoms with E-state index in [0.29, 0.717) is 17.2 Å². The first-order chi connectivity index (χ1) is 12.9. The van der Waals surface area contributed by atoms with Gasteiger partial charge in [0.1, 0.15) is 17.2 Å². The maximum Gasteiger partial charge on any atom is 0.321 e. The van der Waals surface area contributed by atoms with Crippen LogP contribution in [0.1, 0.15) is 22.7 Å². The van der Waals surface area contributed by atoms with Gasteiger partial charge in [-0.3, -0.25) is 5.32 Å². The predicted molar refractivity (Wildman–Crippen MR) is 102 cm³/mol. The first-order valence-electron chi connectivity index (χ1n) is 8.30. The van der Waals surface area contributed by atoms with Crippen molar-refractivity contribution in [2.75, 3.05) is 17.3 Å². The fraction of sp³-hybridized carbons (Fsp3) is 0.278. The monoisotopic (exact) mass is 389 g/mol. The van der Waals surface area contributed by atoms with Gasteiger partial charge >= 0.3 is 6.03 Å². The molecular formula is C18H20FN5O2S. The fourth-order valence-electron chi connectivity index (χ4n) is 2.75. The Kier molecular flexibility index (Phi) is 5.70. The first-order valence-corrected chi connectivity index (χ1v) is 9.18. The lowest BCUT2D eigenvalue weighted by atomic mass is 10.2. The van der Waals surface area contributed by atoms with Gasteiger partial charge in [-0.05, 0) is 31.5 Å². The number of halogens is 1. The molecule has 2 aromatic heterocycles. The van der Waals surface area contributed by atoms with Gasteiger partial charge in [-0.25, -0.2) is 14.2 Å². The minimum atomic E-state index is -0.390. The van der Waals surface area contributed by atoms with Crippen LogP contribution in [0.25, 0.3) is 0 Å². The number of hydrogen-bond acceptors (Lipinski definition) is 6. The van der Waals surface area contributed by atoms with Crippen LogP contribution in [-0.4, -0.2) is 23.2 Å². The Labute approximate surface area is 160 Å². The second kappa shape index (κ2) is 8.17. The third kappa shape index (κ3) is 4.82. The predicted octanol–water partition coefficient (Wildman–Crippen LogP) is 3.85. The number of benzene rings is 1. The zero-order chi connectivity index (χ0) is 19.4. The second-order valence-electron chi connectivity index (χ2n) is 6.11. The van der Waals surface area contributed by atoms with E-state index < -0.39 is 0 Å². The summed E-state index contributed by atoms with van der Waals surface area (Å²) in [4.78, 5) is 18.4. The van der Waals surface area contributed by atoms with Crippen molar-refractivity contribution in [2.45, 2.75) is 26.9 Å². The summed E-state index contributed by atoms with van der Waals surface area (Å²) in [5.74, 6) is 0.419. The van der Waals surface area contributed by atoms with Crippen LogP contribution in [0.3, 0.4) is 0 Å². The molecule has 142 valence electrons. The van der Waals surface area contributed by atoms with Crippen LogP contribution >= 0.6 is 11.3 Å². The normalized spacial score (nSPS) is 10.7. The van der Waals surface area contributed by atoms with E-state index >= 15 is 0 Å². The molecule has 2 heterocycles. The Morgan fingerprint density at radius 1 is 1.37 bits per heavy atom. The Morgan fingerprint density at radius 2 is 2.19 bits per heavy atom. The van der Waals surface area contributed by atoms with Gasteiger partial charge in [0, 0.05) is 19.0 Å². The molecule has 27 heavy (non-hydrogen) atoms. The molecule has 0 saturated carbocycles. The van der Waals surface area contributed by atoms with Crippen LogP contribution in [0.5, 0.6) is 0 Å². The van der Waals surface area contributed by atoms with Gasteiger partial charge in [-0.2, -0.15) is 0 Å². The van der Waals surface area contributed by atoms with Gasteiger partial charge < -0.3 is 14.7 Å². The minimum Gasteiger partial charge on any atom is -0.364 e. The van der Waals surface area contributed by atoms with Crippen LogP contribution in [0, 0.1) is 19.7 Å². The number of anilines is 2. The highest BCUT2D eigenvalue weighted by Crippen LogP contribution is 2.25. The van der Waals surface area contributed by atoms with Gasteiger partial charge in [-0.1, -0.05) is 17.3 Å². The highest BCUT2D eigenvalue weighted by atomic mass is 32.1. The van der Waals surface area contributed by atoms with Crippen molar-refractivity contribution < 1.29 is 13.7 Å². The molecule has 0 radical (unpaired) electrons. The van der Waals surface area contributed by atoms with Crippen molar-refractivity contribution in [2.24, 2.45) is 0 Å². The van der Waals surface area contributed by atoms with Crippen molar-refractivity contribution in [1.29, 1.82) is 0 Å². The highest BCUT2D eigenvalue weighted by molar-refractivity contribution is 7.13. The molecule has 0 spiro atoms. The van der Waals surface area contributed by atoms with E-state index in [9.17, 15) is 9.18 Å². The standard InChI is InChI=1S/C18H20FN5O2S/c1-11-16(12(2)26-23-11)24(3)9-15-10-27-18(21-15)22-17(25)20-8-13-5-4-6-14(19)7-13/h4-7,10H,8-9H2,1-3H3,(H2,20,21,22,25). The largest absolute Gasteiger partial charge is 0.364 e. The van der Waals surface area contributed by atoms with Gasteiger partial charge in [0.05, 0.1) is 12.2 Å². The first kappa shape index (κ1) is 18.8. The molecule has 0 atom stereocenters. The Hall–Kier alpha value is -2.94. The summed E-state index contributed by atoms with van der Waals surface area (Å²) >= 11 is 1.34. The summed E-state index contributed by atoms with van der Waals surface area (Å²) in [5, 5.41) is 11.7. The molecule has 3 rings (SSSR count). The third-order valence-corrected chi connectivity index (χ3v) is 4.70. The molecular weight excluding hydrogens is 369 g/mol. The number of carbonyl (C=O) groups is 1. The maximum atomic E-state index is 13.1. The summed E-state index contributed by atoms with van der Waals surface area (Å²) in [7, 11) is 1.94. The lowest BCUT2D eigenvalue weighted by molar-refractivity contribution is 0.251. The van der Waals surface area contributed by atoms with Crippen molar-refractivity contribution in [3.63, 3.8) is 0 Å². The molecule has 1 aromatic carbocycles. The molecule has 0 unspecified atom stereocenters. The molecule has 2 amide bonds. The maximum absolute atomic E-state index is 13.1. The Morgan fingerprint density at radius 3 is 2.89 bits per heavy atom. The summed E-state index contributed by atoms with van der Waals surface area (Å²) in [6, 6.07) is 5.70. The van der Waals surface area contributed by atoms with Gasteiger partial charge in [0.15, 0.2) is 10.9 Å². The number of thiazole rings is 1. The van der Waals surface area contributed by atoms with Crippen LogP contribution in [0.4, 0.5) is 20.0 Å². The number of amides is 2. The molecule has 0 bridgehead atoms. The summed E-state index contributed by atoms with van der Waals surface area (Å²) in [5.41, 5.74) is 3.26. The Bertz CT molecular complexity index is 920. The Balaban J connectivity index is 1.53. The number of nitrogens with one attached hydrogen (secondary N) is 2. The number of rotatable bonds is 6. The van der Waals surface area contributed by atoms with Crippen molar-refractivity contribution in [3.8, 4) is 0 Å². The molecule has 0 aliphatic carbocycles. The quantitative estimate of drug-likeness (QED) is 0.669. The van der Waals surface area contributed by atoms with E-state index in [1.807, 2.05) is 31.2 Å². The van der Waals surface area contributed by atoms with Crippen LogP contribution in [-0.2, 0) is 13.1 Å². The highest BCUT2D eigenvalue weighted by Gasteiger charge is 2.15. The zero-order valence-corrected chi connectivity index (χ0v) is 16.1. The topological polar surface area (TPSA) is 83.3 Å². The molecule has 0 saturated heterocycles. The SMILES string of the molecule is Cc1noc(C)c1N(C)Cc1csc(NC(=O)NCc2cccc(F)c2)n1. The second-order valence-corrected chi connectivity index (χ2v) is 6.97. The fourth-order valence-corrected chi connectivity index (χ4v) is 3.45. The average Bonchev–Trinajstić information content (AvgIpc) is 3.19. The van der Waals surface area contributed by atoms with Crippen molar-refractivity contribution in [1.82, 2.24) is 15.5 Å². The molecule has 0 aliphatic rings. The third-order valence-electron chi connectivity index (χ3n) is 3.89. The van der Waals surface area contributed by atoms with E-state index in [1.54, 1.807) is 12.1 Å². The number of carbonyl (C=O) groups excluding carboxylic acids is 1. The summed E-state index contributed by atoms with van der Waals surface area (Å²) in [6.07, 6.45) is 0. The molecule has 0 aliphatic heterocycles. The van der Waals surface area contributed by atoms with Gasteiger partial charge in [0.2, 0.25) is 0 Å². The number of nitrogens with zero attached hydrogens (tertiary/aromatic N) is 3. The molecule has 0 fully saturated rings. The molecule has 9 heteroatoms. The van der Waals surface area contributed by atoms with Crippen LogP contribution in [0.15, 0.2) is 34.2 Å². The lowest BCUT2D eigenvalue weighted by Gasteiger charge is -2.17. The van der Waals surface area contributed by atoms with Crippen LogP contribution in [0.2, 0.25) is 0 Å². The zero-order valence-electron chi connectivity index (χ0n) is 15.2. The van der Waals surface area contributed by atoms with E-state index in [4.69, 9.17) is 4.52 Å². The van der Waals surface area contributed by atoms with Crippen LogP contribution < -0.4 is 15.5 Å². The van der Waals surface area contributed by atoms with Crippen molar-refractivity contribution >= 4 is 28.2 Å².